The number of nitrogens with zero attached hydrogens (tertiary/aromatic N) is 2. The van der Waals surface area contributed by atoms with Crippen molar-refractivity contribution in [3.05, 3.63) is 69.3 Å². The number of hydrogen-bond acceptors (Lipinski definition) is 4. The topological polar surface area (TPSA) is 63.6 Å². The van der Waals surface area contributed by atoms with E-state index in [1.807, 2.05) is 38.1 Å². The van der Waals surface area contributed by atoms with Gasteiger partial charge in [0.15, 0.2) is 6.61 Å². The molecule has 138 valence electrons. The summed E-state index contributed by atoms with van der Waals surface area (Å²) < 4.78 is 5.42. The predicted molar refractivity (Wildman–Crippen MR) is 109 cm³/mol. The molecule has 0 bridgehead atoms. The van der Waals surface area contributed by atoms with Crippen molar-refractivity contribution in [1.82, 2.24) is 10.4 Å². The first-order valence-electron chi connectivity index (χ1n) is 8.21. The van der Waals surface area contributed by atoms with Crippen LogP contribution < -0.4 is 10.2 Å². The molecule has 0 radical (unpaired) electrons. The zero-order chi connectivity index (χ0) is 19.4. The molecule has 3 aromatic rings. The van der Waals surface area contributed by atoms with Gasteiger partial charge in [-0.25, -0.2) is 10.4 Å². The van der Waals surface area contributed by atoms with Crippen molar-refractivity contribution in [3.8, 4) is 5.75 Å². The maximum Gasteiger partial charge on any atom is 0.277 e. The molecule has 27 heavy (non-hydrogen) atoms. The predicted octanol–water partition coefficient (Wildman–Crippen LogP) is 4.69. The second-order valence-electron chi connectivity index (χ2n) is 6.01. The van der Waals surface area contributed by atoms with Crippen molar-refractivity contribution in [2.24, 2.45) is 5.10 Å². The van der Waals surface area contributed by atoms with Gasteiger partial charge in [-0.1, -0.05) is 41.4 Å². The van der Waals surface area contributed by atoms with Crippen LogP contribution in [-0.4, -0.2) is 23.7 Å². The molecule has 7 heteroatoms. The quantitative estimate of drug-likeness (QED) is 0.383. The van der Waals surface area contributed by atoms with Crippen molar-refractivity contribution in [2.45, 2.75) is 13.8 Å². The molecule has 0 saturated heterocycles. The summed E-state index contributed by atoms with van der Waals surface area (Å²) >= 11 is 12.2. The number of amides is 1. The molecule has 0 atom stereocenters. The van der Waals surface area contributed by atoms with Crippen LogP contribution in [0.25, 0.3) is 10.9 Å². The van der Waals surface area contributed by atoms with Gasteiger partial charge in [0.1, 0.15) is 10.9 Å². The molecule has 5 nitrogen and oxygen atoms in total. The second kappa shape index (κ2) is 8.37. The summed E-state index contributed by atoms with van der Waals surface area (Å²) in [6, 6.07) is 12.9. The van der Waals surface area contributed by atoms with E-state index in [9.17, 15) is 4.79 Å². The molecule has 0 fully saturated rings. The Morgan fingerprint density at radius 2 is 2.00 bits per heavy atom. The lowest BCUT2D eigenvalue weighted by Crippen LogP contribution is -2.24. The Bertz CT molecular complexity index is 1040. The Morgan fingerprint density at radius 1 is 1.19 bits per heavy atom. The average molecular weight is 402 g/mol. The minimum Gasteiger partial charge on any atom is -0.484 e. The molecule has 2 aromatic carbocycles. The smallest absolute Gasteiger partial charge is 0.277 e. The van der Waals surface area contributed by atoms with Crippen LogP contribution in [0.1, 0.15) is 16.7 Å². The summed E-state index contributed by atoms with van der Waals surface area (Å²) in [7, 11) is 0. The lowest BCUT2D eigenvalue weighted by Gasteiger charge is -2.07. The molecule has 0 spiro atoms. The Hall–Kier alpha value is -2.63. The Labute approximate surface area is 167 Å². The summed E-state index contributed by atoms with van der Waals surface area (Å²) in [5, 5.41) is 5.85. The minimum absolute atomic E-state index is 0.165. The normalized spacial score (nSPS) is 11.1. The number of pyridine rings is 1. The van der Waals surface area contributed by atoms with Crippen molar-refractivity contribution in [1.29, 1.82) is 0 Å². The highest BCUT2D eigenvalue weighted by molar-refractivity contribution is 6.32. The number of aryl methyl sites for hydroxylation is 2. The average Bonchev–Trinajstić information content (AvgIpc) is 2.64. The number of nitrogens with one attached hydrogen (secondary N) is 1. The molecule has 3 rings (SSSR count). The number of halogens is 2. The number of para-hydroxylation sites is 1. The summed E-state index contributed by atoms with van der Waals surface area (Å²) in [5.74, 6) is 0.174. The third-order valence-electron chi connectivity index (χ3n) is 3.92. The monoisotopic (exact) mass is 401 g/mol. The molecular weight excluding hydrogens is 385 g/mol. The van der Waals surface area contributed by atoms with E-state index in [0.717, 1.165) is 22.0 Å². The number of ether oxygens (including phenoxy) is 1. The molecule has 1 N–H and O–H groups in total. The van der Waals surface area contributed by atoms with Gasteiger partial charge in [-0.05, 0) is 49.2 Å². The van der Waals surface area contributed by atoms with Gasteiger partial charge >= 0.3 is 0 Å². The molecule has 0 aliphatic carbocycles. The minimum atomic E-state index is -0.389. The van der Waals surface area contributed by atoms with Crippen LogP contribution in [0.4, 0.5) is 0 Å². The van der Waals surface area contributed by atoms with Crippen LogP contribution in [0.3, 0.4) is 0 Å². The summed E-state index contributed by atoms with van der Waals surface area (Å²) in [4.78, 5) is 16.3. The van der Waals surface area contributed by atoms with Crippen molar-refractivity contribution < 1.29 is 9.53 Å². The van der Waals surface area contributed by atoms with Gasteiger partial charge < -0.3 is 4.74 Å². The zero-order valence-electron chi connectivity index (χ0n) is 14.8. The Kier molecular flexibility index (Phi) is 5.94. The number of carbonyl (C=O) groups excluding carboxylic acids is 1. The maximum atomic E-state index is 11.9. The molecule has 0 aliphatic heterocycles. The SMILES string of the molecule is Cc1cc(OCC(=O)N/N=C\c2cc3cccc(C)c3nc2Cl)ccc1Cl. The van der Waals surface area contributed by atoms with E-state index in [4.69, 9.17) is 27.9 Å². The lowest BCUT2D eigenvalue weighted by atomic mass is 10.1. The van der Waals surface area contributed by atoms with Gasteiger partial charge in [0, 0.05) is 16.0 Å². The number of carbonyl (C=O) groups is 1. The van der Waals surface area contributed by atoms with Gasteiger partial charge in [0.2, 0.25) is 0 Å². The van der Waals surface area contributed by atoms with Crippen LogP contribution >= 0.6 is 23.2 Å². The summed E-state index contributed by atoms with van der Waals surface area (Å²) in [5.41, 5.74) is 5.78. The molecule has 0 unspecified atom stereocenters. The Morgan fingerprint density at radius 3 is 2.78 bits per heavy atom. The largest absolute Gasteiger partial charge is 0.484 e. The fourth-order valence-electron chi connectivity index (χ4n) is 2.49. The van der Waals surface area contributed by atoms with Crippen LogP contribution in [-0.2, 0) is 4.79 Å². The van der Waals surface area contributed by atoms with Gasteiger partial charge in [0.05, 0.1) is 11.7 Å². The highest BCUT2D eigenvalue weighted by atomic mass is 35.5. The maximum absolute atomic E-state index is 11.9. The molecule has 0 aliphatic rings. The number of hydrogen-bond donors (Lipinski definition) is 1. The van der Waals surface area contributed by atoms with Crippen LogP contribution in [0.15, 0.2) is 47.6 Å². The van der Waals surface area contributed by atoms with Gasteiger partial charge in [0.25, 0.3) is 5.91 Å². The van der Waals surface area contributed by atoms with Crippen LogP contribution in [0.5, 0.6) is 5.75 Å². The summed E-state index contributed by atoms with van der Waals surface area (Å²) in [6.45, 7) is 3.67. The fraction of sp³-hybridized carbons (Fsp3) is 0.150. The standard InChI is InChI=1S/C20H17Cl2N3O2/c1-12-4-3-5-14-9-15(20(22)24-19(12)14)10-23-25-18(26)11-27-16-6-7-17(21)13(2)8-16/h3-10H,11H2,1-2H3,(H,25,26)/b23-10-. The third-order valence-corrected chi connectivity index (χ3v) is 4.65. The highest BCUT2D eigenvalue weighted by Crippen LogP contribution is 2.22. The third kappa shape index (κ3) is 4.76. The Balaban J connectivity index is 1.61. The van der Waals surface area contributed by atoms with Gasteiger partial charge in [-0.15, -0.1) is 0 Å². The zero-order valence-corrected chi connectivity index (χ0v) is 16.3. The first kappa shape index (κ1) is 19.1. The van der Waals surface area contributed by atoms with E-state index in [1.165, 1.54) is 6.21 Å². The first-order chi connectivity index (χ1) is 12.9. The number of rotatable bonds is 5. The number of benzene rings is 2. The lowest BCUT2D eigenvalue weighted by molar-refractivity contribution is -0.123. The van der Waals surface area contributed by atoms with Crippen LogP contribution in [0.2, 0.25) is 10.2 Å². The highest BCUT2D eigenvalue weighted by Gasteiger charge is 2.06. The number of fused-ring (bicyclic) bond motifs is 1. The van der Waals surface area contributed by atoms with E-state index in [2.05, 4.69) is 15.5 Å². The molecule has 1 amide bonds. The first-order valence-corrected chi connectivity index (χ1v) is 8.96. The van der Waals surface area contributed by atoms with E-state index in [0.29, 0.717) is 21.5 Å². The molecular formula is C20H17Cl2N3O2. The second-order valence-corrected chi connectivity index (χ2v) is 6.77. The van der Waals surface area contributed by atoms with E-state index in [1.54, 1.807) is 18.2 Å². The van der Waals surface area contributed by atoms with Crippen molar-refractivity contribution in [3.63, 3.8) is 0 Å². The molecule has 1 aromatic heterocycles. The number of hydrazone groups is 1. The molecule has 1 heterocycles. The van der Waals surface area contributed by atoms with E-state index >= 15 is 0 Å². The van der Waals surface area contributed by atoms with E-state index < -0.39 is 0 Å². The van der Waals surface area contributed by atoms with Gasteiger partial charge in [-0.3, -0.25) is 4.79 Å². The van der Waals surface area contributed by atoms with Crippen molar-refractivity contribution >= 4 is 46.2 Å². The van der Waals surface area contributed by atoms with Crippen molar-refractivity contribution in [2.75, 3.05) is 6.61 Å². The fourth-order valence-corrected chi connectivity index (χ4v) is 2.80. The van der Waals surface area contributed by atoms with Crippen LogP contribution in [0, 0.1) is 13.8 Å². The molecule has 0 saturated carbocycles. The number of aromatic nitrogens is 1. The van der Waals surface area contributed by atoms with Gasteiger partial charge in [-0.2, -0.15) is 5.10 Å². The summed E-state index contributed by atoms with van der Waals surface area (Å²) in [6.07, 6.45) is 1.46. The van der Waals surface area contributed by atoms with E-state index in [-0.39, 0.29) is 12.5 Å².